The first kappa shape index (κ1) is 6.53. The van der Waals surface area contributed by atoms with Crippen molar-refractivity contribution < 1.29 is 8.78 Å². The maximum atomic E-state index is 12.8. The van der Waals surface area contributed by atoms with E-state index >= 15 is 0 Å². The summed E-state index contributed by atoms with van der Waals surface area (Å²) in [5, 5.41) is 2.99. The van der Waals surface area contributed by atoms with Crippen LogP contribution in [-0.4, -0.2) is 19.0 Å². The summed E-state index contributed by atoms with van der Waals surface area (Å²) in [5.41, 5.74) is -0.703. The van der Waals surface area contributed by atoms with Gasteiger partial charge in [0.1, 0.15) is 0 Å². The predicted octanol–water partition coefficient (Wildman–Crippen LogP) is 1.25. The minimum atomic E-state index is -2.38. The SMILES string of the molecule is C[C@]12CNCC[C@H]1C2(F)F. The Morgan fingerprint density at radius 1 is 1.50 bits per heavy atom. The first-order chi connectivity index (χ1) is 4.59. The maximum Gasteiger partial charge on any atom is 0.258 e. The number of nitrogens with one attached hydrogen (secondary N) is 1. The van der Waals surface area contributed by atoms with Gasteiger partial charge in [-0.15, -0.1) is 0 Å². The molecule has 10 heavy (non-hydrogen) atoms. The van der Waals surface area contributed by atoms with Crippen molar-refractivity contribution in [2.24, 2.45) is 11.3 Å². The molecule has 0 aromatic rings. The van der Waals surface area contributed by atoms with Crippen LogP contribution in [0.15, 0.2) is 0 Å². The summed E-state index contributed by atoms with van der Waals surface area (Å²) in [5.74, 6) is -2.71. The Labute approximate surface area is 58.8 Å². The van der Waals surface area contributed by atoms with Crippen LogP contribution in [0.5, 0.6) is 0 Å². The highest BCUT2D eigenvalue weighted by Crippen LogP contribution is 2.67. The molecule has 2 aliphatic rings. The molecule has 1 aliphatic carbocycles. The van der Waals surface area contributed by atoms with Crippen molar-refractivity contribution >= 4 is 0 Å². The second-order valence-corrected chi connectivity index (χ2v) is 3.56. The van der Waals surface area contributed by atoms with E-state index in [1.54, 1.807) is 6.92 Å². The van der Waals surface area contributed by atoms with Crippen molar-refractivity contribution in [3.63, 3.8) is 0 Å². The fourth-order valence-corrected chi connectivity index (χ4v) is 2.01. The van der Waals surface area contributed by atoms with E-state index in [1.165, 1.54) is 0 Å². The molecule has 1 N–H and O–H groups in total. The Balaban J connectivity index is 2.20. The number of hydrogen-bond donors (Lipinski definition) is 1. The van der Waals surface area contributed by atoms with Gasteiger partial charge in [0.05, 0.1) is 5.41 Å². The second-order valence-electron chi connectivity index (χ2n) is 3.56. The van der Waals surface area contributed by atoms with E-state index in [9.17, 15) is 8.78 Å². The standard InChI is InChI=1S/C7H11F2N/c1-6-4-10-3-2-5(6)7(6,8)9/h5,10H,2-4H2,1H3/t5-,6+/m1/s1. The number of halogens is 2. The van der Waals surface area contributed by atoms with Crippen molar-refractivity contribution in [1.82, 2.24) is 5.32 Å². The first-order valence-electron chi connectivity index (χ1n) is 3.67. The van der Waals surface area contributed by atoms with E-state index in [-0.39, 0.29) is 5.92 Å². The van der Waals surface area contributed by atoms with Gasteiger partial charge < -0.3 is 5.32 Å². The molecule has 0 spiro atoms. The Morgan fingerprint density at radius 3 is 2.60 bits per heavy atom. The molecule has 0 amide bonds. The molecule has 1 saturated heterocycles. The fourth-order valence-electron chi connectivity index (χ4n) is 2.01. The van der Waals surface area contributed by atoms with Gasteiger partial charge in [-0.1, -0.05) is 6.92 Å². The zero-order chi connectivity index (χ0) is 7.41. The Morgan fingerprint density at radius 2 is 2.20 bits per heavy atom. The molecule has 1 nitrogen and oxygen atoms in total. The number of alkyl halides is 2. The Hall–Kier alpha value is -0.180. The zero-order valence-electron chi connectivity index (χ0n) is 5.95. The number of hydrogen-bond acceptors (Lipinski definition) is 1. The van der Waals surface area contributed by atoms with E-state index in [0.717, 1.165) is 6.54 Å². The summed E-state index contributed by atoms with van der Waals surface area (Å²) < 4.78 is 25.7. The Bertz CT molecular complexity index is 169. The van der Waals surface area contributed by atoms with Gasteiger partial charge in [0, 0.05) is 12.5 Å². The minimum absolute atomic E-state index is 0.332. The zero-order valence-corrected chi connectivity index (χ0v) is 5.95. The van der Waals surface area contributed by atoms with Gasteiger partial charge in [-0.05, 0) is 13.0 Å². The van der Waals surface area contributed by atoms with Crippen molar-refractivity contribution in [2.75, 3.05) is 13.1 Å². The van der Waals surface area contributed by atoms with Crippen LogP contribution >= 0.6 is 0 Å². The predicted molar refractivity (Wildman–Crippen MR) is 34.0 cm³/mol. The van der Waals surface area contributed by atoms with Gasteiger partial charge in [0.25, 0.3) is 5.92 Å². The average Bonchev–Trinajstić information content (AvgIpc) is 2.30. The summed E-state index contributed by atoms with van der Waals surface area (Å²) in [4.78, 5) is 0. The van der Waals surface area contributed by atoms with E-state index < -0.39 is 11.3 Å². The number of fused-ring (bicyclic) bond motifs is 1. The molecule has 0 radical (unpaired) electrons. The molecule has 0 unspecified atom stereocenters. The van der Waals surface area contributed by atoms with Crippen LogP contribution < -0.4 is 5.32 Å². The summed E-state index contributed by atoms with van der Waals surface area (Å²) in [6.45, 7) is 2.92. The molecule has 1 aliphatic heterocycles. The normalized spacial score (nSPS) is 50.1. The van der Waals surface area contributed by atoms with Gasteiger partial charge >= 0.3 is 0 Å². The van der Waals surface area contributed by atoms with E-state index in [4.69, 9.17) is 0 Å². The summed E-state index contributed by atoms with van der Waals surface area (Å²) >= 11 is 0. The molecule has 0 aromatic carbocycles. The third kappa shape index (κ3) is 0.506. The lowest BCUT2D eigenvalue weighted by atomic mass is 10.0. The van der Waals surface area contributed by atoms with Crippen LogP contribution in [0.1, 0.15) is 13.3 Å². The second kappa shape index (κ2) is 1.52. The molecule has 2 fully saturated rings. The van der Waals surface area contributed by atoms with Crippen LogP contribution in [0.3, 0.4) is 0 Å². The van der Waals surface area contributed by atoms with Crippen LogP contribution in [0.2, 0.25) is 0 Å². The van der Waals surface area contributed by atoms with E-state index in [2.05, 4.69) is 5.32 Å². The third-order valence-electron chi connectivity index (χ3n) is 2.99. The topological polar surface area (TPSA) is 12.0 Å². The van der Waals surface area contributed by atoms with Gasteiger partial charge in [0.2, 0.25) is 0 Å². The molecular formula is C7H11F2N. The summed E-state index contributed by atoms with van der Waals surface area (Å²) in [6.07, 6.45) is 0.642. The number of rotatable bonds is 0. The highest BCUT2D eigenvalue weighted by molar-refractivity contribution is 5.18. The van der Waals surface area contributed by atoms with E-state index in [0.29, 0.717) is 13.0 Å². The Kier molecular flexibility index (Phi) is 0.994. The van der Waals surface area contributed by atoms with Crippen LogP contribution in [0, 0.1) is 11.3 Å². The molecule has 1 saturated carbocycles. The quantitative estimate of drug-likeness (QED) is 0.543. The van der Waals surface area contributed by atoms with Crippen molar-refractivity contribution in [3.8, 4) is 0 Å². The first-order valence-corrected chi connectivity index (χ1v) is 3.67. The lowest BCUT2D eigenvalue weighted by Crippen LogP contribution is -2.30. The van der Waals surface area contributed by atoms with Crippen molar-refractivity contribution in [3.05, 3.63) is 0 Å². The summed E-state index contributed by atoms with van der Waals surface area (Å²) in [6, 6.07) is 0. The van der Waals surface area contributed by atoms with Crippen molar-refractivity contribution in [2.45, 2.75) is 19.3 Å². The third-order valence-corrected chi connectivity index (χ3v) is 2.99. The lowest BCUT2D eigenvalue weighted by Gasteiger charge is -2.15. The molecule has 2 atom stereocenters. The van der Waals surface area contributed by atoms with Gasteiger partial charge in [-0.2, -0.15) is 0 Å². The molecule has 58 valence electrons. The average molecular weight is 147 g/mol. The molecule has 0 aromatic heterocycles. The van der Waals surface area contributed by atoms with Crippen LogP contribution in [-0.2, 0) is 0 Å². The van der Waals surface area contributed by atoms with Gasteiger partial charge in [-0.3, -0.25) is 0 Å². The van der Waals surface area contributed by atoms with Crippen LogP contribution in [0.25, 0.3) is 0 Å². The molecular weight excluding hydrogens is 136 g/mol. The fraction of sp³-hybridized carbons (Fsp3) is 1.00. The molecule has 1 heterocycles. The minimum Gasteiger partial charge on any atom is -0.316 e. The number of piperidine rings is 1. The van der Waals surface area contributed by atoms with Crippen LogP contribution in [0.4, 0.5) is 8.78 Å². The maximum absolute atomic E-state index is 12.8. The monoisotopic (exact) mass is 147 g/mol. The van der Waals surface area contributed by atoms with E-state index in [1.807, 2.05) is 0 Å². The molecule has 2 rings (SSSR count). The van der Waals surface area contributed by atoms with Gasteiger partial charge in [0.15, 0.2) is 0 Å². The van der Waals surface area contributed by atoms with Gasteiger partial charge in [-0.25, -0.2) is 8.78 Å². The highest BCUT2D eigenvalue weighted by Gasteiger charge is 2.77. The molecule has 0 bridgehead atoms. The lowest BCUT2D eigenvalue weighted by molar-refractivity contribution is 0.0653. The smallest absolute Gasteiger partial charge is 0.258 e. The highest BCUT2D eigenvalue weighted by atomic mass is 19.3. The summed E-state index contributed by atoms with van der Waals surface area (Å²) in [7, 11) is 0. The molecule has 3 heteroatoms. The largest absolute Gasteiger partial charge is 0.316 e. The van der Waals surface area contributed by atoms with Crippen molar-refractivity contribution in [1.29, 1.82) is 0 Å².